The third kappa shape index (κ3) is 2.93. The number of nitrogens with zero attached hydrogens (tertiary/aromatic N) is 1. The number of carboxylic acids is 1. The molecule has 31 heavy (non-hydrogen) atoms. The monoisotopic (exact) mass is 410 g/mol. The Bertz CT molecular complexity index is 1320. The molecule has 5 heteroatoms. The van der Waals surface area contributed by atoms with Crippen molar-refractivity contribution >= 4 is 22.8 Å². The van der Waals surface area contributed by atoms with Crippen molar-refractivity contribution in [2.24, 2.45) is 0 Å². The van der Waals surface area contributed by atoms with Crippen molar-refractivity contribution in [2.45, 2.75) is 25.9 Å². The summed E-state index contributed by atoms with van der Waals surface area (Å²) in [6.07, 6.45) is 0. The number of carbonyl (C=O) groups excluding carboxylic acids is 1. The van der Waals surface area contributed by atoms with Gasteiger partial charge in [-0.2, -0.15) is 0 Å². The Hall–Kier alpha value is -3.86. The smallest absolute Gasteiger partial charge is 0.326 e. The first-order valence-corrected chi connectivity index (χ1v) is 10.3. The standard InChI is InChI=1S/C26H22N2O3/c1-15-11-13-17(14-12-15)23-22(20-9-5-6-10-21(20)27-23)24-18-7-3-4-8-19(18)25(29)28(24)16(2)26(30)31/h3-14,16,24,27H,1-2H3,(H,30,31)/t16-,24+/m0/s1. The molecule has 0 spiro atoms. The molecular formula is C26H22N2O3. The van der Waals surface area contributed by atoms with Gasteiger partial charge in [0.05, 0.1) is 11.7 Å². The highest BCUT2D eigenvalue weighted by Crippen LogP contribution is 2.46. The number of hydrogen-bond acceptors (Lipinski definition) is 2. The molecule has 1 aliphatic heterocycles. The zero-order valence-corrected chi connectivity index (χ0v) is 17.3. The van der Waals surface area contributed by atoms with Crippen LogP contribution in [0, 0.1) is 6.92 Å². The number of amides is 1. The Labute approximate surface area is 179 Å². The van der Waals surface area contributed by atoms with Crippen molar-refractivity contribution in [2.75, 3.05) is 0 Å². The van der Waals surface area contributed by atoms with Crippen LogP contribution in [0.1, 0.15) is 40.0 Å². The number of rotatable bonds is 4. The van der Waals surface area contributed by atoms with Crippen molar-refractivity contribution in [1.29, 1.82) is 0 Å². The largest absolute Gasteiger partial charge is 0.480 e. The summed E-state index contributed by atoms with van der Waals surface area (Å²) in [6, 6.07) is 22.1. The van der Waals surface area contributed by atoms with E-state index in [1.807, 2.05) is 49.4 Å². The van der Waals surface area contributed by atoms with Gasteiger partial charge < -0.3 is 15.0 Å². The molecule has 0 aliphatic carbocycles. The molecule has 2 N–H and O–H groups in total. The maximum atomic E-state index is 13.3. The molecular weight excluding hydrogens is 388 g/mol. The van der Waals surface area contributed by atoms with Gasteiger partial charge >= 0.3 is 5.97 Å². The number of nitrogens with one attached hydrogen (secondary N) is 1. The molecule has 4 aromatic rings. The molecule has 154 valence electrons. The average molecular weight is 410 g/mol. The summed E-state index contributed by atoms with van der Waals surface area (Å²) in [5.74, 6) is -1.28. The topological polar surface area (TPSA) is 73.4 Å². The second-order valence-corrected chi connectivity index (χ2v) is 8.04. The molecule has 1 aromatic heterocycles. The lowest BCUT2D eigenvalue weighted by molar-refractivity contribution is -0.142. The Morgan fingerprint density at radius 3 is 2.42 bits per heavy atom. The maximum absolute atomic E-state index is 13.3. The molecule has 0 saturated heterocycles. The summed E-state index contributed by atoms with van der Waals surface area (Å²) in [4.78, 5) is 30.3. The first-order valence-electron chi connectivity index (χ1n) is 10.3. The average Bonchev–Trinajstić information content (AvgIpc) is 3.29. The van der Waals surface area contributed by atoms with Crippen LogP contribution in [0.5, 0.6) is 0 Å². The zero-order valence-electron chi connectivity index (χ0n) is 17.3. The third-order valence-corrected chi connectivity index (χ3v) is 6.13. The van der Waals surface area contributed by atoms with Gasteiger partial charge in [-0.3, -0.25) is 4.79 Å². The second-order valence-electron chi connectivity index (χ2n) is 8.04. The van der Waals surface area contributed by atoms with Crippen LogP contribution >= 0.6 is 0 Å². The number of carboxylic acid groups (broad SMARTS) is 1. The molecule has 3 aromatic carbocycles. The van der Waals surface area contributed by atoms with E-state index in [4.69, 9.17) is 0 Å². The number of fused-ring (bicyclic) bond motifs is 2. The lowest BCUT2D eigenvalue weighted by atomic mass is 9.92. The van der Waals surface area contributed by atoms with Gasteiger partial charge in [0.2, 0.25) is 0 Å². The first kappa shape index (κ1) is 19.1. The van der Waals surface area contributed by atoms with Gasteiger partial charge in [-0.1, -0.05) is 66.2 Å². The normalized spacial score (nSPS) is 16.5. The SMILES string of the molecule is Cc1ccc(-c2[nH]c3ccccc3c2[C@H]2c3ccccc3C(=O)N2[C@@H](C)C(=O)O)cc1. The molecule has 0 bridgehead atoms. The molecule has 0 fully saturated rings. The third-order valence-electron chi connectivity index (χ3n) is 6.13. The molecule has 0 unspecified atom stereocenters. The quantitative estimate of drug-likeness (QED) is 0.488. The highest BCUT2D eigenvalue weighted by molar-refractivity contribution is 6.03. The molecule has 5 nitrogen and oxygen atoms in total. The van der Waals surface area contributed by atoms with Crippen molar-refractivity contribution in [1.82, 2.24) is 9.88 Å². The molecule has 2 heterocycles. The van der Waals surface area contributed by atoms with Gasteiger partial charge in [-0.25, -0.2) is 4.79 Å². The molecule has 0 radical (unpaired) electrons. The summed E-state index contributed by atoms with van der Waals surface area (Å²) in [5, 5.41) is 10.8. The number of H-pyrrole nitrogens is 1. The summed E-state index contributed by atoms with van der Waals surface area (Å²) in [7, 11) is 0. The number of aromatic amines is 1. The minimum Gasteiger partial charge on any atom is -0.480 e. The summed E-state index contributed by atoms with van der Waals surface area (Å²) in [6.45, 7) is 3.61. The van der Waals surface area contributed by atoms with Gasteiger partial charge in [0, 0.05) is 22.0 Å². The number of carbonyl (C=O) groups is 2. The number of aromatic nitrogens is 1. The van der Waals surface area contributed by atoms with E-state index in [-0.39, 0.29) is 5.91 Å². The fourth-order valence-electron chi connectivity index (χ4n) is 4.55. The molecule has 1 amide bonds. The van der Waals surface area contributed by atoms with Crippen LogP contribution in [0.15, 0.2) is 72.8 Å². The lowest BCUT2D eigenvalue weighted by Gasteiger charge is -2.29. The minimum absolute atomic E-state index is 0.254. The predicted molar refractivity (Wildman–Crippen MR) is 120 cm³/mol. The number of aliphatic carboxylic acids is 1. The Morgan fingerprint density at radius 1 is 1.00 bits per heavy atom. The number of aryl methyl sites for hydroxylation is 1. The molecule has 2 atom stereocenters. The molecule has 5 rings (SSSR count). The Balaban J connectivity index is 1.82. The van der Waals surface area contributed by atoms with Gasteiger partial charge in [0.1, 0.15) is 6.04 Å². The van der Waals surface area contributed by atoms with E-state index < -0.39 is 18.1 Å². The Kier molecular flexibility index (Phi) is 4.40. The van der Waals surface area contributed by atoms with Crippen molar-refractivity contribution in [3.8, 4) is 11.3 Å². The van der Waals surface area contributed by atoms with Crippen molar-refractivity contribution in [3.63, 3.8) is 0 Å². The summed E-state index contributed by atoms with van der Waals surface area (Å²) in [5.41, 5.74) is 6.32. The van der Waals surface area contributed by atoms with Gasteiger partial charge in [0.15, 0.2) is 0 Å². The van der Waals surface area contributed by atoms with Crippen molar-refractivity contribution in [3.05, 3.63) is 95.1 Å². The van der Waals surface area contributed by atoms with Crippen LogP contribution in [0.4, 0.5) is 0 Å². The van der Waals surface area contributed by atoms with E-state index in [0.717, 1.165) is 38.9 Å². The maximum Gasteiger partial charge on any atom is 0.326 e. The first-order chi connectivity index (χ1) is 15.0. The summed E-state index contributed by atoms with van der Waals surface area (Å²) < 4.78 is 0. The van der Waals surface area contributed by atoms with Gasteiger partial charge in [-0.15, -0.1) is 0 Å². The predicted octanol–water partition coefficient (Wildman–Crippen LogP) is 5.16. The van der Waals surface area contributed by atoms with Crippen LogP contribution in [0.2, 0.25) is 0 Å². The summed E-state index contributed by atoms with van der Waals surface area (Å²) >= 11 is 0. The van der Waals surface area contributed by atoms with E-state index in [9.17, 15) is 14.7 Å². The number of hydrogen-bond donors (Lipinski definition) is 2. The lowest BCUT2D eigenvalue weighted by Crippen LogP contribution is -2.41. The molecule has 1 aliphatic rings. The van der Waals surface area contributed by atoms with E-state index in [1.54, 1.807) is 13.0 Å². The highest BCUT2D eigenvalue weighted by Gasteiger charge is 2.44. The molecule has 0 saturated carbocycles. The van der Waals surface area contributed by atoms with E-state index in [0.29, 0.717) is 5.56 Å². The van der Waals surface area contributed by atoms with E-state index in [1.165, 1.54) is 4.90 Å². The Morgan fingerprint density at radius 2 is 1.68 bits per heavy atom. The fraction of sp³-hybridized carbons (Fsp3) is 0.154. The minimum atomic E-state index is -1.03. The highest BCUT2D eigenvalue weighted by atomic mass is 16.4. The van der Waals surface area contributed by atoms with Crippen LogP contribution in [-0.4, -0.2) is 32.9 Å². The van der Waals surface area contributed by atoms with Crippen molar-refractivity contribution < 1.29 is 14.7 Å². The second kappa shape index (κ2) is 7.13. The zero-order chi connectivity index (χ0) is 21.7. The van der Waals surface area contributed by atoms with Crippen LogP contribution < -0.4 is 0 Å². The van der Waals surface area contributed by atoms with E-state index in [2.05, 4.69) is 29.2 Å². The number of benzene rings is 3. The van der Waals surface area contributed by atoms with Crippen LogP contribution in [0.3, 0.4) is 0 Å². The fourth-order valence-corrected chi connectivity index (χ4v) is 4.55. The van der Waals surface area contributed by atoms with Gasteiger partial charge in [0.25, 0.3) is 5.91 Å². The van der Waals surface area contributed by atoms with E-state index >= 15 is 0 Å². The van der Waals surface area contributed by atoms with Crippen LogP contribution in [0.25, 0.3) is 22.2 Å². The number of para-hydroxylation sites is 1. The van der Waals surface area contributed by atoms with Gasteiger partial charge in [-0.05, 0) is 37.1 Å². The van der Waals surface area contributed by atoms with Crippen LogP contribution in [-0.2, 0) is 4.79 Å².